The zero-order chi connectivity index (χ0) is 20.1. The van der Waals surface area contributed by atoms with E-state index in [0.717, 1.165) is 16.3 Å². The molecular formula is C24H19NO4. The van der Waals surface area contributed by atoms with Gasteiger partial charge < -0.3 is 13.9 Å². The van der Waals surface area contributed by atoms with E-state index in [4.69, 9.17) is 13.9 Å². The van der Waals surface area contributed by atoms with Crippen molar-refractivity contribution in [1.29, 1.82) is 0 Å². The van der Waals surface area contributed by atoms with Gasteiger partial charge in [-0.15, -0.1) is 0 Å². The Balaban J connectivity index is 1.65. The van der Waals surface area contributed by atoms with Crippen molar-refractivity contribution in [3.63, 3.8) is 0 Å². The quantitative estimate of drug-likeness (QED) is 0.384. The molecule has 144 valence electrons. The van der Waals surface area contributed by atoms with Gasteiger partial charge in [0.15, 0.2) is 11.2 Å². The average Bonchev–Trinajstić information content (AvgIpc) is 2.75. The van der Waals surface area contributed by atoms with Crippen LogP contribution in [0.25, 0.3) is 33.2 Å². The number of methoxy groups -OCH3 is 1. The minimum Gasteiger partial charge on any atom is -0.454 e. The van der Waals surface area contributed by atoms with Gasteiger partial charge in [0.05, 0.1) is 18.6 Å². The minimum atomic E-state index is -0.112. The number of rotatable bonds is 5. The number of ether oxygens (including phenoxy) is 2. The highest BCUT2D eigenvalue weighted by Gasteiger charge is 2.09. The maximum atomic E-state index is 12.6. The normalized spacial score (nSPS) is 10.8. The van der Waals surface area contributed by atoms with Crippen LogP contribution < -0.4 is 5.43 Å². The maximum absolute atomic E-state index is 12.6. The number of hydrogen-bond donors (Lipinski definition) is 0. The van der Waals surface area contributed by atoms with E-state index in [2.05, 4.69) is 16.8 Å². The highest BCUT2D eigenvalue weighted by atomic mass is 16.5. The molecule has 0 aliphatic heterocycles. The Labute approximate surface area is 167 Å². The fourth-order valence-electron chi connectivity index (χ4n) is 2.98. The lowest BCUT2D eigenvalue weighted by Gasteiger charge is -2.04. The number of nitrogens with zero attached hydrogens (tertiary/aromatic N) is 1. The monoisotopic (exact) mass is 385 g/mol. The van der Waals surface area contributed by atoms with Crippen molar-refractivity contribution >= 4 is 21.7 Å². The van der Waals surface area contributed by atoms with Gasteiger partial charge in [-0.05, 0) is 29.7 Å². The fraction of sp³-hybridized carbons (Fsp3) is 0.167. The average molecular weight is 385 g/mol. The summed E-state index contributed by atoms with van der Waals surface area (Å²) >= 11 is 0. The molecule has 0 radical (unpaired) electrons. The van der Waals surface area contributed by atoms with Crippen molar-refractivity contribution in [2.45, 2.75) is 0 Å². The van der Waals surface area contributed by atoms with Crippen LogP contribution in [0.2, 0.25) is 0 Å². The molecule has 5 nitrogen and oxygen atoms in total. The Kier molecular flexibility index (Phi) is 5.66. The summed E-state index contributed by atoms with van der Waals surface area (Å²) in [5.74, 6) is 6.40. The molecule has 0 fully saturated rings. The topological polar surface area (TPSA) is 61.6 Å². The summed E-state index contributed by atoms with van der Waals surface area (Å²) in [7, 11) is 1.62. The van der Waals surface area contributed by atoms with Gasteiger partial charge in [0.1, 0.15) is 17.9 Å². The Morgan fingerprint density at radius 3 is 2.76 bits per heavy atom. The minimum absolute atomic E-state index is 0.112. The molecule has 0 saturated heterocycles. The van der Waals surface area contributed by atoms with Gasteiger partial charge in [0.2, 0.25) is 0 Å². The molecule has 4 aromatic rings. The van der Waals surface area contributed by atoms with E-state index >= 15 is 0 Å². The summed E-state index contributed by atoms with van der Waals surface area (Å²) in [5.41, 5.74) is 1.73. The van der Waals surface area contributed by atoms with Crippen LogP contribution in [0.5, 0.6) is 0 Å². The predicted octanol–water partition coefficient (Wildman–Crippen LogP) is 4.02. The van der Waals surface area contributed by atoms with Crippen molar-refractivity contribution in [3.8, 4) is 23.3 Å². The molecular weight excluding hydrogens is 366 g/mol. The fourth-order valence-corrected chi connectivity index (χ4v) is 2.98. The molecule has 0 unspecified atom stereocenters. The van der Waals surface area contributed by atoms with Crippen LogP contribution in [0.4, 0.5) is 0 Å². The molecule has 0 amide bonds. The van der Waals surface area contributed by atoms with E-state index < -0.39 is 0 Å². The molecule has 0 spiro atoms. The Bertz CT molecular complexity index is 1280. The second-order valence-corrected chi connectivity index (χ2v) is 6.45. The largest absolute Gasteiger partial charge is 0.454 e. The first-order valence-corrected chi connectivity index (χ1v) is 9.23. The molecule has 4 rings (SSSR count). The summed E-state index contributed by atoms with van der Waals surface area (Å²) in [4.78, 5) is 17.0. The molecule has 0 N–H and O–H groups in total. The summed E-state index contributed by atoms with van der Waals surface area (Å²) < 4.78 is 16.3. The lowest BCUT2D eigenvalue weighted by molar-refractivity contribution is 0.0877. The van der Waals surface area contributed by atoms with E-state index in [1.165, 1.54) is 6.07 Å². The van der Waals surface area contributed by atoms with Crippen LogP contribution in [0.15, 0.2) is 70.0 Å². The third-order valence-electron chi connectivity index (χ3n) is 4.45. The first-order chi connectivity index (χ1) is 14.2. The molecule has 2 aromatic carbocycles. The number of hydrogen-bond acceptors (Lipinski definition) is 5. The molecule has 0 atom stereocenters. The van der Waals surface area contributed by atoms with E-state index in [9.17, 15) is 4.79 Å². The van der Waals surface area contributed by atoms with E-state index in [1.807, 2.05) is 30.3 Å². The number of pyridine rings is 1. The van der Waals surface area contributed by atoms with E-state index in [0.29, 0.717) is 42.2 Å². The Morgan fingerprint density at radius 1 is 1.03 bits per heavy atom. The predicted molar refractivity (Wildman–Crippen MR) is 113 cm³/mol. The van der Waals surface area contributed by atoms with Crippen LogP contribution in [0.3, 0.4) is 0 Å². The highest BCUT2D eigenvalue weighted by molar-refractivity contribution is 5.85. The van der Waals surface area contributed by atoms with Crippen LogP contribution in [-0.2, 0) is 9.47 Å². The van der Waals surface area contributed by atoms with Crippen LogP contribution in [0.1, 0.15) is 5.56 Å². The van der Waals surface area contributed by atoms with Gasteiger partial charge in [-0.3, -0.25) is 9.78 Å². The first kappa shape index (κ1) is 18.9. The van der Waals surface area contributed by atoms with E-state index in [-0.39, 0.29) is 5.43 Å². The van der Waals surface area contributed by atoms with Crippen molar-refractivity contribution in [3.05, 3.63) is 76.6 Å². The third kappa shape index (κ3) is 4.35. The van der Waals surface area contributed by atoms with Crippen molar-refractivity contribution in [1.82, 2.24) is 4.98 Å². The second-order valence-electron chi connectivity index (χ2n) is 6.45. The van der Waals surface area contributed by atoms with Crippen LogP contribution >= 0.6 is 0 Å². The molecule has 2 aromatic heterocycles. The molecule has 0 aliphatic carbocycles. The zero-order valence-corrected chi connectivity index (χ0v) is 16.0. The van der Waals surface area contributed by atoms with Crippen LogP contribution in [0, 0.1) is 11.8 Å². The van der Waals surface area contributed by atoms with Gasteiger partial charge in [-0.1, -0.05) is 36.1 Å². The van der Waals surface area contributed by atoms with Crippen molar-refractivity contribution in [2.24, 2.45) is 0 Å². The van der Waals surface area contributed by atoms with Gasteiger partial charge in [0, 0.05) is 30.3 Å². The molecule has 0 bridgehead atoms. The Hall–Kier alpha value is -3.46. The molecule has 0 saturated carbocycles. The van der Waals surface area contributed by atoms with Gasteiger partial charge in [0.25, 0.3) is 0 Å². The summed E-state index contributed by atoms with van der Waals surface area (Å²) in [6.45, 7) is 1.35. The maximum Gasteiger partial charge on any atom is 0.193 e. The number of aromatic nitrogens is 1. The summed E-state index contributed by atoms with van der Waals surface area (Å²) in [6.07, 6.45) is 1.78. The number of fused-ring (bicyclic) bond motifs is 2. The molecule has 29 heavy (non-hydrogen) atoms. The zero-order valence-electron chi connectivity index (χ0n) is 16.0. The van der Waals surface area contributed by atoms with Crippen LogP contribution in [-0.4, -0.2) is 31.9 Å². The van der Waals surface area contributed by atoms with Gasteiger partial charge in [-0.2, -0.15) is 0 Å². The SMILES string of the molecule is COCCOCC#Cc1ccc2c(=O)cc(-c3cc4ccccc4cn3)oc2c1. The number of benzene rings is 2. The second kappa shape index (κ2) is 8.70. The summed E-state index contributed by atoms with van der Waals surface area (Å²) in [6, 6.07) is 16.6. The third-order valence-corrected chi connectivity index (χ3v) is 4.45. The van der Waals surface area contributed by atoms with Gasteiger partial charge >= 0.3 is 0 Å². The van der Waals surface area contributed by atoms with Crippen molar-refractivity contribution in [2.75, 3.05) is 26.9 Å². The first-order valence-electron chi connectivity index (χ1n) is 9.23. The van der Waals surface area contributed by atoms with Crippen molar-refractivity contribution < 1.29 is 13.9 Å². The van der Waals surface area contributed by atoms with Gasteiger partial charge in [-0.25, -0.2) is 0 Å². The highest BCUT2D eigenvalue weighted by Crippen LogP contribution is 2.24. The lowest BCUT2D eigenvalue weighted by Crippen LogP contribution is -2.01. The molecule has 0 aliphatic rings. The standard InChI is InChI=1S/C24H19NO4/c1-27-11-12-28-10-4-5-17-8-9-20-22(26)15-24(29-23(20)13-17)21-14-18-6-2-3-7-19(18)16-25-21/h2-3,6-9,13-16H,10-12H2,1H3. The molecule has 5 heteroatoms. The lowest BCUT2D eigenvalue weighted by atomic mass is 10.1. The summed E-state index contributed by atoms with van der Waals surface area (Å²) in [5, 5.41) is 2.58. The molecule has 2 heterocycles. The Morgan fingerprint density at radius 2 is 1.90 bits per heavy atom. The van der Waals surface area contributed by atoms with E-state index in [1.54, 1.807) is 31.5 Å². The smallest absolute Gasteiger partial charge is 0.193 e.